The van der Waals surface area contributed by atoms with Crippen LogP contribution in [0.4, 0.5) is 5.82 Å². The fraction of sp³-hybridized carbons (Fsp3) is 0.286. The lowest BCUT2D eigenvalue weighted by molar-refractivity contribution is -0.114. The van der Waals surface area contributed by atoms with Gasteiger partial charge in [0.2, 0.25) is 5.91 Å². The zero-order chi connectivity index (χ0) is 10.9. The molecule has 1 heterocycles. The van der Waals surface area contributed by atoms with Crippen LogP contribution in [0.3, 0.4) is 0 Å². The number of nitrogens with zero attached hydrogens (tertiary/aromatic N) is 2. The van der Waals surface area contributed by atoms with Crippen molar-refractivity contribution >= 4 is 33.6 Å². The predicted octanol–water partition coefficient (Wildman–Crippen LogP) is 0.839. The van der Waals surface area contributed by atoms with Gasteiger partial charge in [-0.25, -0.2) is 4.79 Å². The third kappa shape index (κ3) is 1.92. The summed E-state index contributed by atoms with van der Waals surface area (Å²) >= 11 is 3.05. The molecule has 0 aliphatic carbocycles. The molecular weight excluding hydrogens is 254 g/mol. The van der Waals surface area contributed by atoms with Crippen molar-refractivity contribution in [1.29, 1.82) is 0 Å². The normalized spacial score (nSPS) is 9.93. The lowest BCUT2D eigenvalue weighted by Crippen LogP contribution is -2.10. The number of carbonyl (C=O) groups is 2. The zero-order valence-corrected chi connectivity index (χ0v) is 9.12. The minimum atomic E-state index is -1.15. The molecule has 2 N–H and O–H groups in total. The molecule has 0 aliphatic rings. The van der Waals surface area contributed by atoms with E-state index >= 15 is 0 Å². The van der Waals surface area contributed by atoms with Crippen LogP contribution in [-0.2, 0) is 11.8 Å². The van der Waals surface area contributed by atoms with Crippen LogP contribution in [0.1, 0.15) is 17.4 Å². The molecule has 1 rings (SSSR count). The Bertz CT molecular complexity index is 399. The smallest absolute Gasteiger partial charge is 0.357 e. The van der Waals surface area contributed by atoms with E-state index < -0.39 is 5.97 Å². The van der Waals surface area contributed by atoms with E-state index in [0.29, 0.717) is 5.82 Å². The zero-order valence-electron chi connectivity index (χ0n) is 7.54. The van der Waals surface area contributed by atoms with E-state index in [1.165, 1.54) is 11.6 Å². The van der Waals surface area contributed by atoms with Crippen molar-refractivity contribution in [2.45, 2.75) is 6.92 Å². The first-order chi connectivity index (χ1) is 6.43. The molecule has 1 aromatic heterocycles. The van der Waals surface area contributed by atoms with Gasteiger partial charge in [0.05, 0.1) is 4.47 Å². The largest absolute Gasteiger partial charge is 0.476 e. The van der Waals surface area contributed by atoms with Gasteiger partial charge in [-0.2, -0.15) is 5.10 Å². The molecule has 0 aromatic carbocycles. The number of amides is 1. The molecule has 1 amide bonds. The average Bonchev–Trinajstić information content (AvgIpc) is 2.31. The molecule has 0 spiro atoms. The summed E-state index contributed by atoms with van der Waals surface area (Å²) in [5, 5.41) is 14.9. The Morgan fingerprint density at radius 1 is 1.57 bits per heavy atom. The highest BCUT2D eigenvalue weighted by Gasteiger charge is 2.19. The number of carboxylic acid groups (broad SMARTS) is 1. The van der Waals surface area contributed by atoms with Gasteiger partial charge in [0.15, 0.2) is 5.69 Å². The first-order valence-corrected chi connectivity index (χ1v) is 4.46. The Kier molecular flexibility index (Phi) is 2.90. The topological polar surface area (TPSA) is 84.2 Å². The van der Waals surface area contributed by atoms with E-state index in [1.54, 1.807) is 7.05 Å². The van der Waals surface area contributed by atoms with E-state index in [4.69, 9.17) is 5.11 Å². The maximum Gasteiger partial charge on any atom is 0.357 e. The van der Waals surface area contributed by atoms with Crippen LogP contribution in [0.15, 0.2) is 4.47 Å². The predicted molar refractivity (Wildman–Crippen MR) is 52.2 cm³/mol. The van der Waals surface area contributed by atoms with Crippen molar-refractivity contribution in [2.75, 3.05) is 5.32 Å². The summed E-state index contributed by atoms with van der Waals surface area (Å²) in [7, 11) is 1.54. The second-order valence-corrected chi connectivity index (χ2v) is 3.41. The number of aryl methyl sites for hydroxylation is 1. The first-order valence-electron chi connectivity index (χ1n) is 3.67. The molecule has 14 heavy (non-hydrogen) atoms. The molecule has 7 heteroatoms. The van der Waals surface area contributed by atoms with Crippen LogP contribution in [0.5, 0.6) is 0 Å². The quantitative estimate of drug-likeness (QED) is 0.827. The van der Waals surface area contributed by atoms with E-state index in [0.717, 1.165) is 0 Å². The van der Waals surface area contributed by atoms with Crippen molar-refractivity contribution in [3.63, 3.8) is 0 Å². The molecule has 0 fully saturated rings. The molecule has 0 unspecified atom stereocenters. The Labute approximate surface area is 88.0 Å². The summed E-state index contributed by atoms with van der Waals surface area (Å²) in [4.78, 5) is 21.4. The highest BCUT2D eigenvalue weighted by atomic mass is 79.9. The third-order valence-corrected chi connectivity index (χ3v) is 2.24. The number of nitrogens with one attached hydrogen (secondary N) is 1. The molecule has 0 atom stereocenters. The van der Waals surface area contributed by atoms with E-state index in [2.05, 4.69) is 26.3 Å². The van der Waals surface area contributed by atoms with Gasteiger partial charge in [0.25, 0.3) is 0 Å². The van der Waals surface area contributed by atoms with Crippen LogP contribution >= 0.6 is 15.9 Å². The summed E-state index contributed by atoms with van der Waals surface area (Å²) in [5.41, 5.74) is -0.128. The van der Waals surface area contributed by atoms with Gasteiger partial charge in [-0.05, 0) is 15.9 Å². The Balaban J connectivity index is 3.17. The van der Waals surface area contributed by atoms with Crippen molar-refractivity contribution in [1.82, 2.24) is 9.78 Å². The lowest BCUT2D eigenvalue weighted by Gasteiger charge is -2.01. The molecule has 0 radical (unpaired) electrons. The number of carboxylic acids is 1. The maximum atomic E-state index is 10.8. The number of halogens is 1. The SMILES string of the molecule is CC(=O)Nc1c(Br)c(C(=O)O)nn1C. The minimum absolute atomic E-state index is 0.128. The van der Waals surface area contributed by atoms with Crippen molar-refractivity contribution in [2.24, 2.45) is 7.05 Å². The van der Waals surface area contributed by atoms with Crippen LogP contribution in [-0.4, -0.2) is 26.8 Å². The van der Waals surface area contributed by atoms with Crippen LogP contribution in [0, 0.1) is 0 Å². The summed E-state index contributed by atoms with van der Waals surface area (Å²) < 4.78 is 1.55. The monoisotopic (exact) mass is 261 g/mol. The molecular formula is C7H8BrN3O3. The molecule has 0 bridgehead atoms. The van der Waals surface area contributed by atoms with Crippen molar-refractivity contribution < 1.29 is 14.7 Å². The van der Waals surface area contributed by atoms with Gasteiger partial charge in [-0.1, -0.05) is 0 Å². The standard InChI is InChI=1S/C7H8BrN3O3/c1-3(12)9-6-4(8)5(7(13)14)10-11(6)2/h1-2H3,(H,9,12)(H,13,14). The highest BCUT2D eigenvalue weighted by molar-refractivity contribution is 9.10. The summed E-state index contributed by atoms with van der Waals surface area (Å²) in [6, 6.07) is 0. The van der Waals surface area contributed by atoms with Crippen LogP contribution < -0.4 is 5.32 Å². The van der Waals surface area contributed by atoms with Gasteiger partial charge in [-0.15, -0.1) is 0 Å². The van der Waals surface area contributed by atoms with E-state index in [9.17, 15) is 9.59 Å². The van der Waals surface area contributed by atoms with E-state index in [-0.39, 0.29) is 16.1 Å². The molecule has 0 aliphatic heterocycles. The third-order valence-electron chi connectivity index (χ3n) is 1.49. The number of rotatable bonds is 2. The average molecular weight is 262 g/mol. The number of aromatic carboxylic acids is 1. The lowest BCUT2D eigenvalue weighted by atomic mass is 10.4. The van der Waals surface area contributed by atoms with Gasteiger partial charge in [0.1, 0.15) is 5.82 Å². The fourth-order valence-corrected chi connectivity index (χ4v) is 1.54. The molecule has 0 saturated heterocycles. The van der Waals surface area contributed by atoms with Gasteiger partial charge >= 0.3 is 5.97 Å². The Morgan fingerprint density at radius 2 is 2.14 bits per heavy atom. The second-order valence-electron chi connectivity index (χ2n) is 2.62. The van der Waals surface area contributed by atoms with Crippen molar-refractivity contribution in [3.05, 3.63) is 10.2 Å². The van der Waals surface area contributed by atoms with Crippen molar-refractivity contribution in [3.8, 4) is 0 Å². The summed E-state index contributed by atoms with van der Waals surface area (Å²) in [6.07, 6.45) is 0. The Morgan fingerprint density at radius 3 is 2.50 bits per heavy atom. The number of carbonyl (C=O) groups excluding carboxylic acids is 1. The van der Waals surface area contributed by atoms with Crippen LogP contribution in [0.2, 0.25) is 0 Å². The molecule has 1 aromatic rings. The van der Waals surface area contributed by atoms with Gasteiger partial charge in [-0.3, -0.25) is 9.48 Å². The number of aromatic nitrogens is 2. The highest BCUT2D eigenvalue weighted by Crippen LogP contribution is 2.25. The maximum absolute atomic E-state index is 10.8. The minimum Gasteiger partial charge on any atom is -0.476 e. The van der Waals surface area contributed by atoms with Gasteiger partial charge in [0, 0.05) is 14.0 Å². The fourth-order valence-electron chi connectivity index (χ4n) is 0.937. The van der Waals surface area contributed by atoms with Crippen LogP contribution in [0.25, 0.3) is 0 Å². The van der Waals surface area contributed by atoms with E-state index in [1.807, 2.05) is 0 Å². The number of hydrogen-bond donors (Lipinski definition) is 2. The first kappa shape index (κ1) is 10.7. The number of hydrogen-bond acceptors (Lipinski definition) is 3. The molecule has 76 valence electrons. The van der Waals surface area contributed by atoms with Gasteiger partial charge < -0.3 is 10.4 Å². The Hall–Kier alpha value is -1.37. The molecule has 0 saturated carbocycles. The summed E-state index contributed by atoms with van der Waals surface area (Å²) in [6.45, 7) is 1.33. The second kappa shape index (κ2) is 3.79. The summed E-state index contributed by atoms with van der Waals surface area (Å²) in [5.74, 6) is -1.11. The molecule has 6 nitrogen and oxygen atoms in total. The number of anilines is 1.